The third-order valence-electron chi connectivity index (χ3n) is 3.99. The third-order valence-corrected chi connectivity index (χ3v) is 5.70. The van der Waals surface area contributed by atoms with Crippen molar-refractivity contribution in [2.24, 2.45) is 0 Å². The monoisotopic (exact) mass is 374 g/mol. The highest BCUT2D eigenvalue weighted by molar-refractivity contribution is 7.92. The van der Waals surface area contributed by atoms with Crippen molar-refractivity contribution in [2.45, 2.75) is 31.7 Å². The van der Waals surface area contributed by atoms with Crippen molar-refractivity contribution in [3.8, 4) is 5.75 Å². The molecule has 0 spiro atoms. The molecule has 0 radical (unpaired) electrons. The third kappa shape index (κ3) is 3.99. The average Bonchev–Trinajstić information content (AvgIpc) is 2.60. The second-order valence-electron chi connectivity index (χ2n) is 6.51. The van der Waals surface area contributed by atoms with E-state index in [4.69, 9.17) is 4.74 Å². The van der Waals surface area contributed by atoms with Gasteiger partial charge in [-0.1, -0.05) is 42.5 Å². The number of nitrogens with one attached hydrogen (secondary N) is 1. The fourth-order valence-electron chi connectivity index (χ4n) is 2.84. The number of hydrogen-bond acceptors (Lipinski definition) is 4. The molecule has 0 saturated heterocycles. The van der Waals surface area contributed by atoms with Crippen LogP contribution in [-0.4, -0.2) is 33.0 Å². The number of hydrogen-bond donors (Lipinski definition) is 1. The first-order chi connectivity index (χ1) is 12.4. The Bertz CT molecular complexity index is 881. The van der Waals surface area contributed by atoms with Crippen LogP contribution in [0.2, 0.25) is 0 Å². The lowest BCUT2D eigenvalue weighted by molar-refractivity contribution is -0.128. The van der Waals surface area contributed by atoms with E-state index >= 15 is 0 Å². The number of anilines is 1. The Kier molecular flexibility index (Phi) is 5.18. The lowest BCUT2D eigenvalue weighted by Crippen LogP contribution is -2.52. The van der Waals surface area contributed by atoms with Crippen molar-refractivity contribution in [3.05, 3.63) is 60.2 Å². The topological polar surface area (TPSA) is 75.7 Å². The summed E-state index contributed by atoms with van der Waals surface area (Å²) in [5.74, 6) is -0.0746. The smallest absolute Gasteiger partial charge is 0.263 e. The molecule has 7 heteroatoms. The highest BCUT2D eigenvalue weighted by atomic mass is 32.2. The van der Waals surface area contributed by atoms with E-state index in [2.05, 4.69) is 5.32 Å². The van der Waals surface area contributed by atoms with Crippen LogP contribution in [0.15, 0.2) is 54.6 Å². The summed E-state index contributed by atoms with van der Waals surface area (Å²) in [5, 5.41) is 2.78. The highest BCUT2D eigenvalue weighted by Crippen LogP contribution is 2.35. The number of benzene rings is 2. The summed E-state index contributed by atoms with van der Waals surface area (Å²) in [6, 6.07) is 15.8. The van der Waals surface area contributed by atoms with Crippen LogP contribution in [0.1, 0.15) is 19.4 Å². The number of amides is 1. The fourth-order valence-corrected chi connectivity index (χ4v) is 4.42. The van der Waals surface area contributed by atoms with Gasteiger partial charge in [0.1, 0.15) is 5.75 Å². The highest BCUT2D eigenvalue weighted by Gasteiger charge is 2.36. The summed E-state index contributed by atoms with van der Waals surface area (Å²) in [5.41, 5.74) is 1.15. The maximum Gasteiger partial charge on any atom is 0.263 e. The zero-order valence-corrected chi connectivity index (χ0v) is 15.6. The van der Waals surface area contributed by atoms with Gasteiger partial charge in [-0.05, 0) is 31.5 Å². The van der Waals surface area contributed by atoms with E-state index in [-0.39, 0.29) is 24.2 Å². The summed E-state index contributed by atoms with van der Waals surface area (Å²) in [4.78, 5) is 12.4. The van der Waals surface area contributed by atoms with Crippen LogP contribution in [0.5, 0.6) is 5.75 Å². The molecular formula is C19H22N2O4S. The minimum absolute atomic E-state index is 0.0509. The Morgan fingerprint density at radius 1 is 1.15 bits per heavy atom. The summed E-state index contributed by atoms with van der Waals surface area (Å²) < 4.78 is 33.1. The van der Waals surface area contributed by atoms with E-state index < -0.39 is 16.1 Å². The van der Waals surface area contributed by atoms with Crippen molar-refractivity contribution in [1.29, 1.82) is 0 Å². The Morgan fingerprint density at radius 2 is 1.81 bits per heavy atom. The first-order valence-corrected chi connectivity index (χ1v) is 10.1. The van der Waals surface area contributed by atoms with E-state index in [9.17, 15) is 13.2 Å². The zero-order valence-electron chi connectivity index (χ0n) is 14.8. The standard InChI is InChI=1S/C19H22N2O4S/c1-14(2)20-19(22)18-12-21(16-10-6-7-11-17(16)25-18)26(23,24)13-15-8-4-3-5-9-15/h3-11,14,18H,12-13H2,1-2H3,(H,20,22). The molecule has 3 rings (SSSR count). The Labute approximate surface area is 153 Å². The minimum Gasteiger partial charge on any atom is -0.476 e. The summed E-state index contributed by atoms with van der Waals surface area (Å²) in [6.45, 7) is 3.64. The lowest BCUT2D eigenvalue weighted by atomic mass is 10.2. The number of fused-ring (bicyclic) bond motifs is 1. The number of para-hydroxylation sites is 2. The van der Waals surface area contributed by atoms with Crippen LogP contribution in [0.25, 0.3) is 0 Å². The average molecular weight is 374 g/mol. The first kappa shape index (κ1) is 18.3. The van der Waals surface area contributed by atoms with Crippen molar-refractivity contribution in [3.63, 3.8) is 0 Å². The summed E-state index contributed by atoms with van der Waals surface area (Å²) in [6.07, 6.45) is -0.891. The molecule has 1 N–H and O–H groups in total. The predicted molar refractivity (Wildman–Crippen MR) is 101 cm³/mol. The van der Waals surface area contributed by atoms with Gasteiger partial charge in [0, 0.05) is 6.04 Å². The number of carbonyl (C=O) groups is 1. The first-order valence-electron chi connectivity index (χ1n) is 8.47. The lowest BCUT2D eigenvalue weighted by Gasteiger charge is -2.35. The minimum atomic E-state index is -3.67. The summed E-state index contributed by atoms with van der Waals surface area (Å²) in [7, 11) is -3.67. The Hall–Kier alpha value is -2.54. The van der Waals surface area contributed by atoms with Gasteiger partial charge in [0.25, 0.3) is 5.91 Å². The van der Waals surface area contributed by atoms with Gasteiger partial charge in [0.15, 0.2) is 6.10 Å². The molecule has 138 valence electrons. The van der Waals surface area contributed by atoms with Crippen LogP contribution in [0, 0.1) is 0 Å². The predicted octanol–water partition coefficient (Wildman–Crippen LogP) is 2.31. The van der Waals surface area contributed by atoms with Crippen molar-refractivity contribution >= 4 is 21.6 Å². The molecule has 1 heterocycles. The second-order valence-corrected chi connectivity index (χ2v) is 8.40. The van der Waals surface area contributed by atoms with Crippen LogP contribution < -0.4 is 14.4 Å². The molecule has 6 nitrogen and oxygen atoms in total. The Morgan fingerprint density at radius 3 is 2.50 bits per heavy atom. The number of ether oxygens (including phenoxy) is 1. The molecule has 2 aromatic rings. The van der Waals surface area contributed by atoms with Gasteiger partial charge < -0.3 is 10.1 Å². The van der Waals surface area contributed by atoms with Gasteiger partial charge >= 0.3 is 0 Å². The molecule has 1 amide bonds. The van der Waals surface area contributed by atoms with Crippen molar-refractivity contribution in [2.75, 3.05) is 10.8 Å². The second kappa shape index (κ2) is 7.37. The summed E-state index contributed by atoms with van der Waals surface area (Å²) >= 11 is 0. The fraction of sp³-hybridized carbons (Fsp3) is 0.316. The number of nitrogens with zero attached hydrogens (tertiary/aromatic N) is 1. The van der Waals surface area contributed by atoms with E-state index in [0.29, 0.717) is 17.0 Å². The molecular weight excluding hydrogens is 352 g/mol. The van der Waals surface area contributed by atoms with Gasteiger partial charge in [-0.2, -0.15) is 0 Å². The Balaban J connectivity index is 1.92. The number of rotatable bonds is 5. The maximum atomic E-state index is 13.0. The van der Waals surface area contributed by atoms with E-state index in [1.807, 2.05) is 19.9 Å². The molecule has 1 atom stereocenters. The largest absolute Gasteiger partial charge is 0.476 e. The van der Waals surface area contributed by atoms with E-state index in [1.54, 1.807) is 48.5 Å². The van der Waals surface area contributed by atoms with Gasteiger partial charge in [0.2, 0.25) is 10.0 Å². The SMILES string of the molecule is CC(C)NC(=O)C1CN(S(=O)(=O)Cc2ccccc2)c2ccccc2O1. The normalized spacial score (nSPS) is 16.7. The van der Waals surface area contributed by atoms with Crippen LogP contribution >= 0.6 is 0 Å². The maximum absolute atomic E-state index is 13.0. The molecule has 0 bridgehead atoms. The molecule has 0 aromatic heterocycles. The molecule has 1 unspecified atom stereocenters. The van der Waals surface area contributed by atoms with Gasteiger partial charge in [-0.25, -0.2) is 8.42 Å². The van der Waals surface area contributed by atoms with Crippen molar-refractivity contribution in [1.82, 2.24) is 5.32 Å². The molecule has 0 saturated carbocycles. The molecule has 2 aromatic carbocycles. The molecule has 1 aliphatic rings. The van der Waals surface area contributed by atoms with E-state index in [1.165, 1.54) is 4.31 Å². The quantitative estimate of drug-likeness (QED) is 0.871. The van der Waals surface area contributed by atoms with E-state index in [0.717, 1.165) is 0 Å². The van der Waals surface area contributed by atoms with Gasteiger partial charge in [-0.15, -0.1) is 0 Å². The molecule has 26 heavy (non-hydrogen) atoms. The van der Waals surface area contributed by atoms with Crippen LogP contribution in [0.4, 0.5) is 5.69 Å². The van der Waals surface area contributed by atoms with Gasteiger partial charge in [0.05, 0.1) is 18.0 Å². The van der Waals surface area contributed by atoms with Crippen LogP contribution in [-0.2, 0) is 20.6 Å². The zero-order chi connectivity index (χ0) is 18.7. The van der Waals surface area contributed by atoms with Crippen molar-refractivity contribution < 1.29 is 17.9 Å². The molecule has 1 aliphatic heterocycles. The number of carbonyl (C=O) groups excluding carboxylic acids is 1. The molecule has 0 aliphatic carbocycles. The molecule has 0 fully saturated rings. The van der Waals surface area contributed by atoms with Gasteiger partial charge in [-0.3, -0.25) is 9.10 Å². The van der Waals surface area contributed by atoms with Crippen LogP contribution in [0.3, 0.4) is 0 Å². The number of sulfonamides is 1.